The topological polar surface area (TPSA) is 53.1 Å². The third-order valence-corrected chi connectivity index (χ3v) is 5.99. The zero-order valence-electron chi connectivity index (χ0n) is 17.2. The highest BCUT2D eigenvalue weighted by atomic mass is 16.7. The minimum atomic E-state index is -0.375. The number of fused-ring (bicyclic) bond motifs is 1. The minimum absolute atomic E-state index is 0.352. The third kappa shape index (κ3) is 4.03. The van der Waals surface area contributed by atoms with Gasteiger partial charge in [-0.1, -0.05) is 12.1 Å². The summed E-state index contributed by atoms with van der Waals surface area (Å²) in [5.74, 6) is 0.784. The van der Waals surface area contributed by atoms with Crippen LogP contribution in [0.15, 0.2) is 30.5 Å². The summed E-state index contributed by atoms with van der Waals surface area (Å²) in [5.41, 5.74) is 1.23. The molecule has 2 fully saturated rings. The van der Waals surface area contributed by atoms with Crippen molar-refractivity contribution in [1.82, 2.24) is 9.88 Å². The highest BCUT2D eigenvalue weighted by molar-refractivity contribution is 6.62. The standard InChI is InChI=1S/C21H29BN2O4/c1-20(2)21(3,4)28-22(27-20)17-5-6-19-16(13-17)14-18(15-23-19)26-12-9-24-7-10-25-11-8-24/h5-6,13-15H,7-12H2,1-4H3. The zero-order valence-corrected chi connectivity index (χ0v) is 17.2. The zero-order chi connectivity index (χ0) is 19.8. The SMILES string of the molecule is CC1(C)OB(c2ccc3ncc(OCCN4CCOCC4)cc3c2)OC1(C)C. The van der Waals surface area contributed by atoms with Crippen LogP contribution in [0.1, 0.15) is 27.7 Å². The molecule has 2 aliphatic rings. The van der Waals surface area contributed by atoms with Crippen molar-refractivity contribution in [3.05, 3.63) is 30.5 Å². The van der Waals surface area contributed by atoms with Gasteiger partial charge in [0.2, 0.25) is 0 Å². The number of nitrogens with zero attached hydrogens (tertiary/aromatic N) is 2. The van der Waals surface area contributed by atoms with Crippen LogP contribution in [-0.2, 0) is 14.0 Å². The van der Waals surface area contributed by atoms with Crippen LogP contribution in [0.4, 0.5) is 0 Å². The van der Waals surface area contributed by atoms with Gasteiger partial charge in [-0.3, -0.25) is 9.88 Å². The van der Waals surface area contributed by atoms with E-state index in [4.69, 9.17) is 18.8 Å². The normalized spacial score (nSPS) is 21.9. The number of ether oxygens (including phenoxy) is 2. The maximum Gasteiger partial charge on any atom is 0.494 e. The van der Waals surface area contributed by atoms with Gasteiger partial charge in [-0.2, -0.15) is 0 Å². The molecule has 1 aromatic heterocycles. The molecule has 7 heteroatoms. The second kappa shape index (κ2) is 7.63. The fraction of sp³-hybridized carbons (Fsp3) is 0.571. The summed E-state index contributed by atoms with van der Waals surface area (Å²) >= 11 is 0. The van der Waals surface area contributed by atoms with Crippen LogP contribution in [0.25, 0.3) is 10.9 Å². The number of aromatic nitrogens is 1. The molecule has 0 aliphatic carbocycles. The van der Waals surface area contributed by atoms with Crippen molar-refractivity contribution in [2.45, 2.75) is 38.9 Å². The predicted octanol–water partition coefficient (Wildman–Crippen LogP) is 2.24. The number of hydrogen-bond acceptors (Lipinski definition) is 6. The first-order chi connectivity index (χ1) is 13.3. The summed E-state index contributed by atoms with van der Waals surface area (Å²) in [5, 5.41) is 1.02. The molecule has 2 saturated heterocycles. The Morgan fingerprint density at radius 2 is 1.79 bits per heavy atom. The molecule has 0 spiro atoms. The summed E-state index contributed by atoms with van der Waals surface area (Å²) in [7, 11) is -0.375. The Bertz CT molecular complexity index is 820. The van der Waals surface area contributed by atoms with Crippen molar-refractivity contribution < 1.29 is 18.8 Å². The van der Waals surface area contributed by atoms with Gasteiger partial charge in [-0.05, 0) is 45.3 Å². The van der Waals surface area contributed by atoms with Gasteiger partial charge in [0.25, 0.3) is 0 Å². The highest BCUT2D eigenvalue weighted by Crippen LogP contribution is 2.36. The quantitative estimate of drug-likeness (QED) is 0.738. The molecule has 0 unspecified atom stereocenters. The van der Waals surface area contributed by atoms with Crippen LogP contribution in [0, 0.1) is 0 Å². The Hall–Kier alpha value is -1.67. The van der Waals surface area contributed by atoms with E-state index in [0.717, 1.165) is 55.0 Å². The lowest BCUT2D eigenvalue weighted by Gasteiger charge is -2.32. The molecule has 2 aromatic rings. The number of morpholine rings is 1. The number of pyridine rings is 1. The summed E-state index contributed by atoms with van der Waals surface area (Å²) in [4.78, 5) is 6.89. The molecular formula is C21H29BN2O4. The molecule has 0 atom stereocenters. The Morgan fingerprint density at radius 1 is 1.07 bits per heavy atom. The van der Waals surface area contributed by atoms with E-state index in [1.165, 1.54) is 0 Å². The second-order valence-electron chi connectivity index (χ2n) is 8.51. The summed E-state index contributed by atoms with van der Waals surface area (Å²) in [6.07, 6.45) is 1.79. The number of rotatable bonds is 5. The molecular weight excluding hydrogens is 355 g/mol. The van der Waals surface area contributed by atoms with Crippen LogP contribution in [-0.4, -0.2) is 67.7 Å². The molecule has 0 N–H and O–H groups in total. The first-order valence-corrected chi connectivity index (χ1v) is 10.0. The molecule has 3 heterocycles. The molecule has 0 amide bonds. The van der Waals surface area contributed by atoms with Gasteiger partial charge >= 0.3 is 7.12 Å². The summed E-state index contributed by atoms with van der Waals surface area (Å²) in [6.45, 7) is 13.4. The lowest BCUT2D eigenvalue weighted by atomic mass is 9.78. The predicted molar refractivity (Wildman–Crippen MR) is 110 cm³/mol. The van der Waals surface area contributed by atoms with Gasteiger partial charge in [0.1, 0.15) is 12.4 Å². The first kappa shape index (κ1) is 19.6. The van der Waals surface area contributed by atoms with Crippen molar-refractivity contribution in [2.24, 2.45) is 0 Å². The van der Waals surface area contributed by atoms with Crippen LogP contribution in [0.5, 0.6) is 5.75 Å². The van der Waals surface area contributed by atoms with Crippen molar-refractivity contribution in [3.8, 4) is 5.75 Å². The Morgan fingerprint density at radius 3 is 2.50 bits per heavy atom. The molecule has 150 valence electrons. The van der Waals surface area contributed by atoms with Crippen molar-refractivity contribution >= 4 is 23.5 Å². The number of hydrogen-bond donors (Lipinski definition) is 0. The number of benzene rings is 1. The van der Waals surface area contributed by atoms with E-state index >= 15 is 0 Å². The first-order valence-electron chi connectivity index (χ1n) is 10.0. The molecule has 0 saturated carbocycles. The molecule has 28 heavy (non-hydrogen) atoms. The van der Waals surface area contributed by atoms with Gasteiger partial charge in [-0.25, -0.2) is 0 Å². The minimum Gasteiger partial charge on any atom is -0.491 e. The monoisotopic (exact) mass is 384 g/mol. The van der Waals surface area contributed by atoms with E-state index in [-0.39, 0.29) is 18.3 Å². The van der Waals surface area contributed by atoms with Crippen LogP contribution in [0.2, 0.25) is 0 Å². The molecule has 1 aromatic carbocycles. The van der Waals surface area contributed by atoms with Crippen molar-refractivity contribution in [1.29, 1.82) is 0 Å². The molecule has 2 aliphatic heterocycles. The lowest BCUT2D eigenvalue weighted by molar-refractivity contribution is 0.00578. The average molecular weight is 384 g/mol. The van der Waals surface area contributed by atoms with E-state index in [2.05, 4.69) is 43.6 Å². The summed E-state index contributed by atoms with van der Waals surface area (Å²) < 4.78 is 23.7. The van der Waals surface area contributed by atoms with E-state index in [9.17, 15) is 0 Å². The smallest absolute Gasteiger partial charge is 0.491 e. The van der Waals surface area contributed by atoms with Gasteiger partial charge in [0.05, 0.1) is 36.1 Å². The maximum atomic E-state index is 6.17. The van der Waals surface area contributed by atoms with Gasteiger partial charge in [-0.15, -0.1) is 0 Å². The lowest BCUT2D eigenvalue weighted by Crippen LogP contribution is -2.41. The van der Waals surface area contributed by atoms with E-state index in [1.54, 1.807) is 6.20 Å². The van der Waals surface area contributed by atoms with Gasteiger partial charge in [0.15, 0.2) is 0 Å². The average Bonchev–Trinajstić information content (AvgIpc) is 2.89. The van der Waals surface area contributed by atoms with Crippen LogP contribution in [0.3, 0.4) is 0 Å². The van der Waals surface area contributed by atoms with Gasteiger partial charge in [0, 0.05) is 25.0 Å². The molecule has 0 bridgehead atoms. The Kier molecular flexibility index (Phi) is 5.35. The van der Waals surface area contributed by atoms with Crippen molar-refractivity contribution in [2.75, 3.05) is 39.5 Å². The van der Waals surface area contributed by atoms with Gasteiger partial charge < -0.3 is 18.8 Å². The van der Waals surface area contributed by atoms with E-state index in [0.29, 0.717) is 6.61 Å². The fourth-order valence-electron chi connectivity index (χ4n) is 3.45. The fourth-order valence-corrected chi connectivity index (χ4v) is 3.45. The van der Waals surface area contributed by atoms with Crippen molar-refractivity contribution in [3.63, 3.8) is 0 Å². The summed E-state index contributed by atoms with van der Waals surface area (Å²) in [6, 6.07) is 8.15. The highest BCUT2D eigenvalue weighted by Gasteiger charge is 2.51. The van der Waals surface area contributed by atoms with E-state index in [1.807, 2.05) is 18.2 Å². The third-order valence-electron chi connectivity index (χ3n) is 5.99. The van der Waals surface area contributed by atoms with Crippen LogP contribution >= 0.6 is 0 Å². The van der Waals surface area contributed by atoms with E-state index < -0.39 is 0 Å². The molecule has 0 radical (unpaired) electrons. The molecule has 6 nitrogen and oxygen atoms in total. The Labute approximate surface area is 167 Å². The van der Waals surface area contributed by atoms with Crippen LogP contribution < -0.4 is 10.2 Å². The largest absolute Gasteiger partial charge is 0.494 e. The second-order valence-corrected chi connectivity index (χ2v) is 8.51. The Balaban J connectivity index is 1.45. The molecule has 4 rings (SSSR count). The maximum absolute atomic E-state index is 6.17.